The Kier molecular flexibility index (Phi) is 5.05. The van der Waals surface area contributed by atoms with Crippen LogP contribution >= 0.6 is 0 Å². The minimum atomic E-state index is -3.37. The molecule has 0 heterocycles. The van der Waals surface area contributed by atoms with Crippen LogP contribution in [0.25, 0.3) is 0 Å². The molecule has 0 aliphatic heterocycles. The predicted molar refractivity (Wildman–Crippen MR) is 82.3 cm³/mol. The highest BCUT2D eigenvalue weighted by molar-refractivity contribution is 7.89. The Bertz CT molecular complexity index is 543. The van der Waals surface area contributed by atoms with Gasteiger partial charge in [-0.1, -0.05) is 25.8 Å². The third-order valence-corrected chi connectivity index (χ3v) is 5.45. The van der Waals surface area contributed by atoms with Gasteiger partial charge in [-0.25, -0.2) is 13.1 Å². The first-order chi connectivity index (χ1) is 9.51. The van der Waals surface area contributed by atoms with Crippen LogP contribution in [0.3, 0.4) is 0 Å². The second-order valence-corrected chi connectivity index (χ2v) is 7.58. The Labute approximate surface area is 122 Å². The monoisotopic (exact) mass is 296 g/mol. The zero-order valence-corrected chi connectivity index (χ0v) is 13.0. The van der Waals surface area contributed by atoms with Crippen molar-refractivity contribution in [1.29, 1.82) is 0 Å². The predicted octanol–water partition coefficient (Wildman–Crippen LogP) is 2.98. The summed E-state index contributed by atoms with van der Waals surface area (Å²) < 4.78 is 26.0. The molecule has 0 radical (unpaired) electrons. The second-order valence-electron chi connectivity index (χ2n) is 5.69. The van der Waals surface area contributed by atoms with Gasteiger partial charge in [0, 0.05) is 11.7 Å². The van der Waals surface area contributed by atoms with Gasteiger partial charge < -0.3 is 5.32 Å². The number of sulfonamides is 1. The molecule has 2 N–H and O–H groups in total. The molecule has 2 atom stereocenters. The summed E-state index contributed by atoms with van der Waals surface area (Å²) in [6.07, 6.45) is 6.10. The van der Waals surface area contributed by atoms with Crippen molar-refractivity contribution >= 4 is 15.7 Å². The fraction of sp³-hybridized carbons (Fsp3) is 0.600. The molecule has 4 nitrogen and oxygen atoms in total. The fourth-order valence-corrected chi connectivity index (χ4v) is 3.51. The molecule has 2 rings (SSSR count). The van der Waals surface area contributed by atoms with Gasteiger partial charge in [0.25, 0.3) is 0 Å². The van der Waals surface area contributed by atoms with Gasteiger partial charge in [-0.05, 0) is 50.4 Å². The van der Waals surface area contributed by atoms with Gasteiger partial charge in [0.15, 0.2) is 0 Å². The quantitative estimate of drug-likeness (QED) is 0.840. The molecule has 112 valence electrons. The van der Waals surface area contributed by atoms with Gasteiger partial charge in [0.2, 0.25) is 10.0 Å². The Morgan fingerprint density at radius 3 is 2.70 bits per heavy atom. The minimum absolute atomic E-state index is 0.312. The first-order valence-electron chi connectivity index (χ1n) is 7.31. The summed E-state index contributed by atoms with van der Waals surface area (Å²) in [4.78, 5) is 0.312. The van der Waals surface area contributed by atoms with E-state index in [0.29, 0.717) is 10.9 Å². The molecule has 1 aromatic carbocycles. The van der Waals surface area contributed by atoms with E-state index in [-0.39, 0.29) is 0 Å². The van der Waals surface area contributed by atoms with Crippen LogP contribution in [0.4, 0.5) is 5.69 Å². The van der Waals surface area contributed by atoms with Crippen molar-refractivity contribution in [3.8, 4) is 0 Å². The average molecular weight is 296 g/mol. The van der Waals surface area contributed by atoms with Crippen LogP contribution in [0.1, 0.15) is 39.0 Å². The Morgan fingerprint density at radius 1 is 1.15 bits per heavy atom. The van der Waals surface area contributed by atoms with E-state index in [1.807, 2.05) is 6.07 Å². The van der Waals surface area contributed by atoms with Crippen molar-refractivity contribution < 1.29 is 8.42 Å². The van der Waals surface area contributed by atoms with Crippen molar-refractivity contribution in [2.75, 3.05) is 12.4 Å². The number of benzene rings is 1. The van der Waals surface area contributed by atoms with E-state index in [1.54, 1.807) is 18.2 Å². The highest BCUT2D eigenvalue weighted by atomic mass is 32.2. The molecule has 0 saturated heterocycles. The first kappa shape index (κ1) is 15.3. The molecule has 0 spiro atoms. The topological polar surface area (TPSA) is 58.2 Å². The van der Waals surface area contributed by atoms with E-state index in [9.17, 15) is 8.42 Å². The zero-order chi connectivity index (χ0) is 14.6. The zero-order valence-electron chi connectivity index (χ0n) is 12.2. The Hall–Kier alpha value is -1.07. The van der Waals surface area contributed by atoms with Gasteiger partial charge in [0.1, 0.15) is 0 Å². The van der Waals surface area contributed by atoms with E-state index in [2.05, 4.69) is 17.0 Å². The van der Waals surface area contributed by atoms with Crippen molar-refractivity contribution in [2.45, 2.75) is 50.0 Å². The molecule has 5 heteroatoms. The van der Waals surface area contributed by atoms with Gasteiger partial charge in [-0.2, -0.15) is 0 Å². The van der Waals surface area contributed by atoms with Crippen molar-refractivity contribution in [3.63, 3.8) is 0 Å². The highest BCUT2D eigenvalue weighted by Crippen LogP contribution is 2.25. The third-order valence-electron chi connectivity index (χ3n) is 4.04. The van der Waals surface area contributed by atoms with Crippen LogP contribution < -0.4 is 10.0 Å². The van der Waals surface area contributed by atoms with Crippen LogP contribution in [-0.2, 0) is 10.0 Å². The summed E-state index contributed by atoms with van der Waals surface area (Å²) >= 11 is 0. The molecular weight excluding hydrogens is 272 g/mol. The molecule has 2 unspecified atom stereocenters. The Balaban J connectivity index is 2.08. The van der Waals surface area contributed by atoms with Crippen molar-refractivity contribution in [3.05, 3.63) is 24.3 Å². The van der Waals surface area contributed by atoms with Crippen molar-refractivity contribution in [2.24, 2.45) is 5.92 Å². The lowest BCUT2D eigenvalue weighted by Gasteiger charge is -2.18. The smallest absolute Gasteiger partial charge is 0.240 e. The minimum Gasteiger partial charge on any atom is -0.382 e. The summed E-state index contributed by atoms with van der Waals surface area (Å²) in [5, 5.41) is 3.49. The molecular formula is C15H24N2O2S. The van der Waals surface area contributed by atoms with Gasteiger partial charge in [0.05, 0.1) is 4.90 Å². The molecule has 0 amide bonds. The lowest BCUT2D eigenvalue weighted by molar-refractivity contribution is 0.502. The normalized spacial score (nSPS) is 24.1. The highest BCUT2D eigenvalue weighted by Gasteiger charge is 2.17. The summed E-state index contributed by atoms with van der Waals surface area (Å²) in [5.74, 6) is 0.804. The second kappa shape index (κ2) is 6.59. The molecule has 1 aliphatic carbocycles. The van der Waals surface area contributed by atoms with Gasteiger partial charge in [-0.15, -0.1) is 0 Å². The molecule has 1 aliphatic rings. The molecule has 1 fully saturated rings. The Morgan fingerprint density at radius 2 is 1.95 bits per heavy atom. The number of anilines is 1. The van der Waals surface area contributed by atoms with Crippen LogP contribution in [-0.4, -0.2) is 21.5 Å². The summed E-state index contributed by atoms with van der Waals surface area (Å²) in [5.41, 5.74) is 0.890. The molecule has 0 bridgehead atoms. The summed E-state index contributed by atoms with van der Waals surface area (Å²) in [7, 11) is -1.93. The maximum Gasteiger partial charge on any atom is 0.240 e. The molecule has 20 heavy (non-hydrogen) atoms. The van der Waals surface area contributed by atoms with E-state index in [0.717, 1.165) is 24.4 Å². The van der Waals surface area contributed by atoms with Crippen LogP contribution in [0.2, 0.25) is 0 Å². The number of hydrogen-bond acceptors (Lipinski definition) is 3. The first-order valence-corrected chi connectivity index (χ1v) is 8.80. The van der Waals surface area contributed by atoms with Gasteiger partial charge >= 0.3 is 0 Å². The van der Waals surface area contributed by atoms with Crippen molar-refractivity contribution in [1.82, 2.24) is 4.72 Å². The van der Waals surface area contributed by atoms with Crippen LogP contribution in [0.15, 0.2) is 29.2 Å². The number of rotatable bonds is 4. The molecule has 0 aromatic heterocycles. The number of nitrogens with one attached hydrogen (secondary N) is 2. The van der Waals surface area contributed by atoms with E-state index in [1.165, 1.54) is 26.3 Å². The average Bonchev–Trinajstić information content (AvgIpc) is 2.64. The maximum atomic E-state index is 11.8. The largest absolute Gasteiger partial charge is 0.382 e. The van der Waals surface area contributed by atoms with Crippen LogP contribution in [0, 0.1) is 5.92 Å². The van der Waals surface area contributed by atoms with E-state index in [4.69, 9.17) is 0 Å². The lowest BCUT2D eigenvalue weighted by atomic mass is 10.0. The summed E-state index contributed by atoms with van der Waals surface area (Å²) in [6.45, 7) is 2.31. The van der Waals surface area contributed by atoms with E-state index < -0.39 is 10.0 Å². The lowest BCUT2D eigenvalue weighted by Crippen LogP contribution is -2.20. The SMILES string of the molecule is CNS(=O)(=O)c1cccc(NC2CCCC(C)CC2)c1. The fourth-order valence-electron chi connectivity index (χ4n) is 2.74. The third kappa shape index (κ3) is 3.96. The summed E-state index contributed by atoms with van der Waals surface area (Å²) in [6, 6.07) is 7.49. The van der Waals surface area contributed by atoms with Gasteiger partial charge in [-0.3, -0.25) is 0 Å². The molecule has 1 saturated carbocycles. The maximum absolute atomic E-state index is 11.8. The standard InChI is InChI=1S/C15H24N2O2S/c1-12-5-3-6-13(10-9-12)17-14-7-4-8-15(11-14)20(18,19)16-2/h4,7-8,11-13,16-17H,3,5-6,9-10H2,1-2H3. The van der Waals surface area contributed by atoms with Crippen LogP contribution in [0.5, 0.6) is 0 Å². The number of hydrogen-bond donors (Lipinski definition) is 2. The molecule has 1 aromatic rings. The van der Waals surface area contributed by atoms with E-state index >= 15 is 0 Å².